The Labute approximate surface area is 95.4 Å². The molecule has 0 spiro atoms. The third kappa shape index (κ3) is 2.38. The molecule has 2 heterocycles. The van der Waals surface area contributed by atoms with Gasteiger partial charge in [0.05, 0.1) is 18.7 Å². The van der Waals surface area contributed by atoms with Crippen LogP contribution in [0, 0.1) is 0 Å². The molecule has 1 aliphatic rings. The molecule has 90 valence electrons. The molecule has 6 heteroatoms. The summed E-state index contributed by atoms with van der Waals surface area (Å²) in [4.78, 5) is 0. The third-order valence-corrected chi connectivity index (χ3v) is 2.88. The van der Waals surface area contributed by atoms with Crippen LogP contribution in [0.5, 0.6) is 0 Å². The van der Waals surface area contributed by atoms with E-state index in [-0.39, 0.29) is 12.1 Å². The van der Waals surface area contributed by atoms with Gasteiger partial charge < -0.3 is 10.1 Å². The average molecular weight is 225 g/mol. The summed E-state index contributed by atoms with van der Waals surface area (Å²) in [6.45, 7) is 7.78. The van der Waals surface area contributed by atoms with Crippen LogP contribution in [0.4, 0.5) is 0 Å². The minimum Gasteiger partial charge on any atom is -0.376 e. The first-order valence-electron chi connectivity index (χ1n) is 5.80. The number of nitrogens with zero attached hydrogens (tertiary/aromatic N) is 4. The van der Waals surface area contributed by atoms with E-state index in [2.05, 4.69) is 41.6 Å². The van der Waals surface area contributed by atoms with Crippen molar-refractivity contribution in [1.82, 2.24) is 25.5 Å². The number of tetrazole rings is 1. The van der Waals surface area contributed by atoms with Crippen molar-refractivity contribution in [3.05, 3.63) is 5.82 Å². The predicted molar refractivity (Wildman–Crippen MR) is 58.9 cm³/mol. The van der Waals surface area contributed by atoms with Crippen LogP contribution in [0.1, 0.15) is 39.1 Å². The second-order valence-corrected chi connectivity index (χ2v) is 4.51. The Morgan fingerprint density at radius 1 is 1.56 bits per heavy atom. The van der Waals surface area contributed by atoms with E-state index < -0.39 is 0 Å². The fourth-order valence-corrected chi connectivity index (χ4v) is 1.92. The molecule has 1 fully saturated rings. The van der Waals surface area contributed by atoms with Gasteiger partial charge in [-0.1, -0.05) is 13.8 Å². The minimum atomic E-state index is 0.196. The van der Waals surface area contributed by atoms with Gasteiger partial charge in [0.25, 0.3) is 0 Å². The van der Waals surface area contributed by atoms with Crippen molar-refractivity contribution in [1.29, 1.82) is 0 Å². The lowest BCUT2D eigenvalue weighted by atomic mass is 10.1. The van der Waals surface area contributed by atoms with Crippen molar-refractivity contribution in [2.75, 3.05) is 6.61 Å². The molecule has 0 bridgehead atoms. The second-order valence-electron chi connectivity index (χ2n) is 4.51. The molecule has 2 unspecified atom stereocenters. The molecule has 0 amide bonds. The fraction of sp³-hybridized carbons (Fsp3) is 0.900. The van der Waals surface area contributed by atoms with E-state index in [0.717, 1.165) is 18.9 Å². The van der Waals surface area contributed by atoms with E-state index in [0.29, 0.717) is 12.6 Å². The molecule has 0 aromatic carbocycles. The Hall–Kier alpha value is -1.01. The van der Waals surface area contributed by atoms with Crippen LogP contribution in [-0.4, -0.2) is 39.0 Å². The zero-order valence-electron chi connectivity index (χ0n) is 10.1. The van der Waals surface area contributed by atoms with Gasteiger partial charge in [-0.15, -0.1) is 5.10 Å². The van der Waals surface area contributed by atoms with E-state index in [9.17, 15) is 0 Å². The summed E-state index contributed by atoms with van der Waals surface area (Å²) in [7, 11) is 0. The van der Waals surface area contributed by atoms with Gasteiger partial charge in [-0.3, -0.25) is 0 Å². The van der Waals surface area contributed by atoms with E-state index >= 15 is 0 Å². The summed E-state index contributed by atoms with van der Waals surface area (Å²) in [5.74, 6) is 0.885. The number of aromatic nitrogens is 4. The van der Waals surface area contributed by atoms with Crippen molar-refractivity contribution < 1.29 is 4.74 Å². The monoisotopic (exact) mass is 225 g/mol. The Kier molecular flexibility index (Phi) is 3.50. The second kappa shape index (κ2) is 4.88. The SMILES string of the molecule is CC(C)NCc1nnnn1C1CCOC1C. The highest BCUT2D eigenvalue weighted by molar-refractivity contribution is 4.88. The number of hydrogen-bond acceptors (Lipinski definition) is 5. The number of rotatable bonds is 4. The molecule has 2 rings (SSSR count). The van der Waals surface area contributed by atoms with Gasteiger partial charge in [-0.2, -0.15) is 0 Å². The molecule has 6 nitrogen and oxygen atoms in total. The third-order valence-electron chi connectivity index (χ3n) is 2.88. The van der Waals surface area contributed by atoms with Crippen LogP contribution < -0.4 is 5.32 Å². The molecule has 0 saturated carbocycles. The lowest BCUT2D eigenvalue weighted by Crippen LogP contribution is -2.27. The molecule has 1 N–H and O–H groups in total. The lowest BCUT2D eigenvalue weighted by Gasteiger charge is -2.16. The van der Waals surface area contributed by atoms with E-state index in [1.807, 2.05) is 4.68 Å². The quantitative estimate of drug-likeness (QED) is 0.809. The van der Waals surface area contributed by atoms with Gasteiger partial charge in [-0.25, -0.2) is 4.68 Å². The van der Waals surface area contributed by atoms with Crippen LogP contribution in [0.15, 0.2) is 0 Å². The Balaban J connectivity index is 2.06. The highest BCUT2D eigenvalue weighted by atomic mass is 16.5. The largest absolute Gasteiger partial charge is 0.376 e. The van der Waals surface area contributed by atoms with Crippen molar-refractivity contribution >= 4 is 0 Å². The molecule has 0 aliphatic carbocycles. The highest BCUT2D eigenvalue weighted by Gasteiger charge is 2.28. The maximum Gasteiger partial charge on any atom is 0.165 e. The number of hydrogen-bond donors (Lipinski definition) is 1. The summed E-state index contributed by atoms with van der Waals surface area (Å²) in [5.41, 5.74) is 0. The molecule has 1 aromatic rings. The highest BCUT2D eigenvalue weighted by Crippen LogP contribution is 2.25. The summed E-state index contributed by atoms with van der Waals surface area (Å²) in [6.07, 6.45) is 1.18. The van der Waals surface area contributed by atoms with E-state index in [4.69, 9.17) is 4.74 Å². The normalized spacial score (nSPS) is 25.5. The van der Waals surface area contributed by atoms with Crippen LogP contribution in [0.25, 0.3) is 0 Å². The van der Waals surface area contributed by atoms with Crippen LogP contribution in [-0.2, 0) is 11.3 Å². The van der Waals surface area contributed by atoms with Gasteiger partial charge in [-0.05, 0) is 23.8 Å². The molecule has 1 aromatic heterocycles. The molecular weight excluding hydrogens is 206 g/mol. The van der Waals surface area contributed by atoms with Gasteiger partial charge in [0.2, 0.25) is 0 Å². The van der Waals surface area contributed by atoms with Crippen molar-refractivity contribution in [2.45, 2.75) is 51.9 Å². The first-order chi connectivity index (χ1) is 7.68. The maximum atomic E-state index is 5.53. The molecule has 16 heavy (non-hydrogen) atoms. The fourth-order valence-electron chi connectivity index (χ4n) is 1.92. The topological polar surface area (TPSA) is 64.9 Å². The molecule has 1 saturated heterocycles. The molecule has 2 atom stereocenters. The van der Waals surface area contributed by atoms with E-state index in [1.54, 1.807) is 0 Å². The summed E-state index contributed by atoms with van der Waals surface area (Å²) in [5, 5.41) is 15.2. The van der Waals surface area contributed by atoms with Crippen LogP contribution >= 0.6 is 0 Å². The Morgan fingerprint density at radius 3 is 3.00 bits per heavy atom. The summed E-state index contributed by atoms with van der Waals surface area (Å²) >= 11 is 0. The molecular formula is C10H19N5O. The smallest absolute Gasteiger partial charge is 0.165 e. The summed E-state index contributed by atoms with van der Waals surface area (Å²) < 4.78 is 7.43. The Morgan fingerprint density at radius 2 is 2.38 bits per heavy atom. The molecule has 0 radical (unpaired) electrons. The van der Waals surface area contributed by atoms with Crippen molar-refractivity contribution in [3.8, 4) is 0 Å². The van der Waals surface area contributed by atoms with Gasteiger partial charge in [0, 0.05) is 12.6 Å². The first kappa shape index (κ1) is 11.5. The predicted octanol–water partition coefficient (Wildman–Crippen LogP) is 0.521. The first-order valence-corrected chi connectivity index (χ1v) is 5.80. The van der Waals surface area contributed by atoms with Gasteiger partial charge in [0.15, 0.2) is 5.82 Å². The van der Waals surface area contributed by atoms with Crippen molar-refractivity contribution in [3.63, 3.8) is 0 Å². The number of nitrogens with one attached hydrogen (secondary N) is 1. The van der Waals surface area contributed by atoms with Crippen molar-refractivity contribution in [2.24, 2.45) is 0 Å². The maximum absolute atomic E-state index is 5.53. The zero-order chi connectivity index (χ0) is 11.5. The average Bonchev–Trinajstić information content (AvgIpc) is 2.82. The summed E-state index contributed by atoms with van der Waals surface area (Å²) in [6, 6.07) is 0.710. The minimum absolute atomic E-state index is 0.196. The van der Waals surface area contributed by atoms with Crippen LogP contribution in [0.3, 0.4) is 0 Å². The Bertz CT molecular complexity index is 338. The molecule has 1 aliphatic heterocycles. The van der Waals surface area contributed by atoms with Crippen LogP contribution in [0.2, 0.25) is 0 Å². The number of ether oxygens (including phenoxy) is 1. The van der Waals surface area contributed by atoms with Gasteiger partial charge in [0.1, 0.15) is 0 Å². The van der Waals surface area contributed by atoms with E-state index in [1.165, 1.54) is 0 Å². The van der Waals surface area contributed by atoms with Gasteiger partial charge >= 0.3 is 0 Å². The lowest BCUT2D eigenvalue weighted by molar-refractivity contribution is 0.104. The standard InChI is InChI=1S/C10H19N5O/c1-7(2)11-6-10-12-13-14-15(10)9-4-5-16-8(9)3/h7-9,11H,4-6H2,1-3H3. The zero-order valence-corrected chi connectivity index (χ0v) is 10.1.